The highest BCUT2D eigenvalue weighted by molar-refractivity contribution is 6.00. The fourth-order valence-corrected chi connectivity index (χ4v) is 2.54. The first-order chi connectivity index (χ1) is 12.2. The Morgan fingerprint density at radius 2 is 1.56 bits per heavy atom. The lowest BCUT2D eigenvalue weighted by molar-refractivity contribution is 0.0955. The highest BCUT2D eigenvalue weighted by atomic mass is 16.2. The van der Waals surface area contributed by atoms with Crippen molar-refractivity contribution in [3.05, 3.63) is 89.7 Å². The van der Waals surface area contributed by atoms with Gasteiger partial charge in [-0.2, -0.15) is 5.10 Å². The van der Waals surface area contributed by atoms with Gasteiger partial charge in [-0.1, -0.05) is 31.2 Å². The summed E-state index contributed by atoms with van der Waals surface area (Å²) >= 11 is 0. The van der Waals surface area contributed by atoms with Crippen molar-refractivity contribution in [3.8, 4) is 5.69 Å². The van der Waals surface area contributed by atoms with Crippen molar-refractivity contribution in [3.63, 3.8) is 0 Å². The van der Waals surface area contributed by atoms with Crippen LogP contribution < -0.4 is 5.43 Å². The van der Waals surface area contributed by atoms with Crippen molar-refractivity contribution in [1.82, 2.24) is 9.99 Å². The van der Waals surface area contributed by atoms with Crippen LogP contribution in [-0.4, -0.2) is 16.2 Å². The molecule has 0 bridgehead atoms. The molecule has 126 valence electrons. The second kappa shape index (κ2) is 7.62. The molecule has 0 spiro atoms. The van der Waals surface area contributed by atoms with Crippen molar-refractivity contribution in [2.24, 2.45) is 5.10 Å². The average molecular weight is 331 g/mol. The summed E-state index contributed by atoms with van der Waals surface area (Å²) in [5.41, 5.74) is 7.27. The molecule has 4 heteroatoms. The molecule has 4 nitrogen and oxygen atoms in total. The van der Waals surface area contributed by atoms with Crippen molar-refractivity contribution >= 4 is 11.6 Å². The molecule has 0 atom stereocenters. The molecule has 0 aliphatic rings. The normalized spacial score (nSPS) is 11.4. The van der Waals surface area contributed by atoms with Gasteiger partial charge in [0.05, 0.1) is 5.71 Å². The Labute approximate surface area is 147 Å². The minimum atomic E-state index is -0.219. The van der Waals surface area contributed by atoms with Gasteiger partial charge in [-0.15, -0.1) is 0 Å². The summed E-state index contributed by atoms with van der Waals surface area (Å²) in [6.45, 7) is 4.01. The van der Waals surface area contributed by atoms with Crippen LogP contribution in [0.5, 0.6) is 0 Å². The molecule has 1 heterocycles. The Morgan fingerprint density at radius 3 is 2.16 bits per heavy atom. The molecule has 0 aliphatic heterocycles. The van der Waals surface area contributed by atoms with Gasteiger partial charge >= 0.3 is 0 Å². The van der Waals surface area contributed by atoms with Crippen LogP contribution in [-0.2, 0) is 6.42 Å². The number of benzene rings is 2. The van der Waals surface area contributed by atoms with Gasteiger partial charge in [0.15, 0.2) is 0 Å². The van der Waals surface area contributed by atoms with Crippen LogP contribution in [0.1, 0.15) is 35.3 Å². The van der Waals surface area contributed by atoms with Crippen LogP contribution in [0.3, 0.4) is 0 Å². The summed E-state index contributed by atoms with van der Waals surface area (Å²) in [6, 6.07) is 19.6. The quantitative estimate of drug-likeness (QED) is 0.553. The van der Waals surface area contributed by atoms with Crippen molar-refractivity contribution < 1.29 is 4.79 Å². The molecule has 0 saturated carbocycles. The zero-order chi connectivity index (χ0) is 17.6. The summed E-state index contributed by atoms with van der Waals surface area (Å²) in [7, 11) is 0. The van der Waals surface area contributed by atoms with E-state index in [0.717, 1.165) is 23.4 Å². The van der Waals surface area contributed by atoms with Gasteiger partial charge in [0.25, 0.3) is 5.91 Å². The Morgan fingerprint density at radius 1 is 0.960 bits per heavy atom. The van der Waals surface area contributed by atoms with E-state index < -0.39 is 0 Å². The van der Waals surface area contributed by atoms with Gasteiger partial charge in [0.1, 0.15) is 0 Å². The average Bonchev–Trinajstić information content (AvgIpc) is 3.21. The molecule has 0 unspecified atom stereocenters. The number of amides is 1. The van der Waals surface area contributed by atoms with Gasteiger partial charge < -0.3 is 4.57 Å². The van der Waals surface area contributed by atoms with E-state index in [4.69, 9.17) is 0 Å². The van der Waals surface area contributed by atoms with Gasteiger partial charge in [-0.05, 0) is 60.9 Å². The second-order valence-electron chi connectivity index (χ2n) is 5.83. The molecule has 1 N–H and O–H groups in total. The standard InChI is InChI=1S/C21H21N3O/c1-3-17-6-8-18(9-7-17)16(2)22-23-21(25)19-10-12-20(13-11-19)24-14-4-5-15-24/h4-15H,3H2,1-2H3,(H,23,25)/b22-16-. The molecular weight excluding hydrogens is 310 g/mol. The SMILES string of the molecule is CCc1ccc(/C(C)=N\NC(=O)c2ccc(-n3cccc3)cc2)cc1. The number of hydrazone groups is 1. The lowest BCUT2D eigenvalue weighted by Gasteiger charge is -2.06. The molecular formula is C21H21N3O. The number of carbonyl (C=O) groups excluding carboxylic acids is 1. The van der Waals surface area contributed by atoms with Crippen LogP contribution >= 0.6 is 0 Å². The van der Waals surface area contributed by atoms with Gasteiger partial charge in [-0.3, -0.25) is 4.79 Å². The predicted octanol–water partition coefficient (Wildman–Crippen LogP) is 4.19. The fraction of sp³-hybridized carbons (Fsp3) is 0.143. The van der Waals surface area contributed by atoms with E-state index in [1.165, 1.54) is 5.56 Å². The summed E-state index contributed by atoms with van der Waals surface area (Å²) in [5, 5.41) is 4.21. The fourth-order valence-electron chi connectivity index (χ4n) is 2.54. The van der Waals surface area contributed by atoms with Crippen LogP contribution in [0, 0.1) is 0 Å². The van der Waals surface area contributed by atoms with Crippen molar-refractivity contribution in [2.75, 3.05) is 0 Å². The zero-order valence-electron chi connectivity index (χ0n) is 14.4. The Kier molecular flexibility index (Phi) is 5.09. The van der Waals surface area contributed by atoms with E-state index in [1.54, 1.807) is 12.1 Å². The first-order valence-corrected chi connectivity index (χ1v) is 8.34. The summed E-state index contributed by atoms with van der Waals surface area (Å²) in [6.07, 6.45) is 4.94. The van der Waals surface area contributed by atoms with Gasteiger partial charge in [-0.25, -0.2) is 5.43 Å². The number of aromatic nitrogens is 1. The van der Waals surface area contributed by atoms with Gasteiger partial charge in [0.2, 0.25) is 0 Å². The molecule has 1 aromatic heterocycles. The maximum atomic E-state index is 12.3. The number of carbonyl (C=O) groups is 1. The summed E-state index contributed by atoms with van der Waals surface area (Å²) in [5.74, 6) is -0.219. The maximum absolute atomic E-state index is 12.3. The summed E-state index contributed by atoms with van der Waals surface area (Å²) < 4.78 is 1.99. The highest BCUT2D eigenvalue weighted by Gasteiger charge is 2.05. The van der Waals surface area contributed by atoms with E-state index in [-0.39, 0.29) is 5.91 Å². The number of nitrogens with one attached hydrogen (secondary N) is 1. The van der Waals surface area contributed by atoms with Crippen LogP contribution in [0.25, 0.3) is 5.69 Å². The molecule has 1 amide bonds. The van der Waals surface area contributed by atoms with Crippen LogP contribution in [0.2, 0.25) is 0 Å². The monoisotopic (exact) mass is 331 g/mol. The lowest BCUT2D eigenvalue weighted by atomic mass is 10.1. The molecule has 0 saturated heterocycles. The largest absolute Gasteiger partial charge is 0.324 e. The minimum absolute atomic E-state index is 0.219. The third-order valence-corrected chi connectivity index (χ3v) is 4.14. The molecule has 2 aromatic carbocycles. The minimum Gasteiger partial charge on any atom is -0.324 e. The van der Waals surface area contributed by atoms with E-state index in [2.05, 4.69) is 29.6 Å². The second-order valence-corrected chi connectivity index (χ2v) is 5.83. The number of aryl methyl sites for hydroxylation is 1. The van der Waals surface area contributed by atoms with Crippen LogP contribution in [0.4, 0.5) is 0 Å². The molecule has 0 aliphatic carbocycles. The molecule has 25 heavy (non-hydrogen) atoms. The number of nitrogens with zero attached hydrogens (tertiary/aromatic N) is 2. The first kappa shape index (κ1) is 16.7. The predicted molar refractivity (Wildman–Crippen MR) is 101 cm³/mol. The molecule has 0 radical (unpaired) electrons. The van der Waals surface area contributed by atoms with Crippen molar-refractivity contribution in [1.29, 1.82) is 0 Å². The van der Waals surface area contributed by atoms with E-state index in [0.29, 0.717) is 5.56 Å². The third kappa shape index (κ3) is 4.04. The Bertz CT molecular complexity index is 861. The first-order valence-electron chi connectivity index (χ1n) is 8.34. The number of hydrogen-bond acceptors (Lipinski definition) is 2. The zero-order valence-corrected chi connectivity index (χ0v) is 14.4. The molecule has 0 fully saturated rings. The number of hydrogen-bond donors (Lipinski definition) is 1. The van der Waals surface area contributed by atoms with Gasteiger partial charge in [0, 0.05) is 23.6 Å². The molecule has 3 aromatic rings. The van der Waals surface area contributed by atoms with Crippen LogP contribution in [0.15, 0.2) is 78.2 Å². The maximum Gasteiger partial charge on any atom is 0.271 e. The lowest BCUT2D eigenvalue weighted by Crippen LogP contribution is -2.19. The van der Waals surface area contributed by atoms with E-state index >= 15 is 0 Å². The Hall–Kier alpha value is -3.14. The summed E-state index contributed by atoms with van der Waals surface area (Å²) in [4.78, 5) is 12.3. The Balaban J connectivity index is 1.66. The van der Waals surface area contributed by atoms with E-state index in [1.807, 2.05) is 60.3 Å². The van der Waals surface area contributed by atoms with E-state index in [9.17, 15) is 4.79 Å². The highest BCUT2D eigenvalue weighted by Crippen LogP contribution is 2.10. The molecule has 3 rings (SSSR count). The smallest absolute Gasteiger partial charge is 0.271 e. The van der Waals surface area contributed by atoms with Crippen molar-refractivity contribution in [2.45, 2.75) is 20.3 Å². The number of rotatable bonds is 5. The third-order valence-electron chi connectivity index (χ3n) is 4.14. The topological polar surface area (TPSA) is 46.4 Å².